The Labute approximate surface area is 112 Å². The number of anilines is 2. The lowest BCUT2D eigenvalue weighted by molar-refractivity contribution is 0.598. The van der Waals surface area contributed by atoms with Crippen molar-refractivity contribution in [1.29, 1.82) is 0 Å². The highest BCUT2D eigenvalue weighted by molar-refractivity contribution is 7.92. The Morgan fingerprint density at radius 2 is 1.79 bits per heavy atom. The van der Waals surface area contributed by atoms with Crippen LogP contribution in [0.15, 0.2) is 41.7 Å². The normalized spacial score (nSPS) is 11.1. The Morgan fingerprint density at radius 3 is 2.47 bits per heavy atom. The minimum Gasteiger partial charge on any atom is -0.386 e. The van der Waals surface area contributed by atoms with Crippen LogP contribution in [0.5, 0.6) is 0 Å². The van der Waals surface area contributed by atoms with Crippen LogP contribution in [0.4, 0.5) is 11.5 Å². The largest absolute Gasteiger partial charge is 0.386 e. The number of sulfonamides is 1. The van der Waals surface area contributed by atoms with Crippen LogP contribution in [0.2, 0.25) is 0 Å². The average Bonchev–Trinajstić information content (AvgIpc) is 2.41. The van der Waals surface area contributed by atoms with E-state index in [1.807, 2.05) is 0 Å². The molecule has 100 valence electrons. The second kappa shape index (κ2) is 5.23. The fourth-order valence-electron chi connectivity index (χ4n) is 1.56. The predicted octanol–water partition coefficient (Wildman–Crippen LogP) is 1.63. The third kappa shape index (κ3) is 2.82. The second-order valence-electron chi connectivity index (χ2n) is 3.88. The quantitative estimate of drug-likeness (QED) is 0.888. The smallest absolute Gasteiger partial charge is 0.282 e. The van der Waals surface area contributed by atoms with E-state index in [9.17, 15) is 8.42 Å². The lowest BCUT2D eigenvalue weighted by Crippen LogP contribution is -2.17. The van der Waals surface area contributed by atoms with E-state index in [2.05, 4.69) is 20.0 Å². The van der Waals surface area contributed by atoms with Gasteiger partial charge in [0.1, 0.15) is 5.82 Å². The summed E-state index contributed by atoms with van der Waals surface area (Å²) in [6.07, 6.45) is 2.96. The van der Waals surface area contributed by atoms with E-state index in [4.69, 9.17) is 0 Å². The molecule has 6 nitrogen and oxygen atoms in total. The summed E-state index contributed by atoms with van der Waals surface area (Å²) in [4.78, 5) is 7.91. The van der Waals surface area contributed by atoms with Gasteiger partial charge in [0.2, 0.25) is 0 Å². The summed E-state index contributed by atoms with van der Waals surface area (Å²) in [6, 6.07) is 6.83. The number of aromatic nitrogens is 2. The zero-order valence-electron chi connectivity index (χ0n) is 10.6. The molecule has 0 unspecified atom stereocenters. The number of rotatable bonds is 4. The highest BCUT2D eigenvalue weighted by Crippen LogP contribution is 2.21. The molecule has 7 heteroatoms. The molecule has 0 aliphatic rings. The third-order valence-corrected chi connectivity index (χ3v) is 3.83. The van der Waals surface area contributed by atoms with Gasteiger partial charge in [-0.1, -0.05) is 6.07 Å². The lowest BCUT2D eigenvalue weighted by Gasteiger charge is -2.11. The van der Waals surface area contributed by atoms with Gasteiger partial charge in [-0.15, -0.1) is 0 Å². The van der Waals surface area contributed by atoms with E-state index < -0.39 is 10.0 Å². The average molecular weight is 278 g/mol. The van der Waals surface area contributed by atoms with Crippen LogP contribution in [-0.4, -0.2) is 25.4 Å². The van der Waals surface area contributed by atoms with Crippen molar-refractivity contribution >= 4 is 21.5 Å². The first kappa shape index (κ1) is 13.3. The van der Waals surface area contributed by atoms with Crippen molar-refractivity contribution in [2.45, 2.75) is 11.9 Å². The number of nitrogens with one attached hydrogen (secondary N) is 2. The molecule has 0 amide bonds. The molecule has 0 atom stereocenters. The molecule has 2 heterocycles. The summed E-state index contributed by atoms with van der Waals surface area (Å²) in [5, 5.41) is 2.75. The SMILES string of the molecule is CNc1cccnc1S(=O)(=O)Nc1ncccc1C. The minimum atomic E-state index is -3.76. The fraction of sp³-hybridized carbons (Fsp3) is 0.167. The molecule has 2 rings (SSSR count). The maximum absolute atomic E-state index is 12.3. The van der Waals surface area contributed by atoms with Gasteiger partial charge in [0.05, 0.1) is 5.69 Å². The molecule has 2 aromatic heterocycles. The minimum absolute atomic E-state index is 0.0532. The zero-order chi connectivity index (χ0) is 13.9. The lowest BCUT2D eigenvalue weighted by atomic mass is 10.3. The highest BCUT2D eigenvalue weighted by atomic mass is 32.2. The van der Waals surface area contributed by atoms with Gasteiger partial charge in [0.15, 0.2) is 5.03 Å². The molecule has 0 fully saturated rings. The molecular weight excluding hydrogens is 264 g/mol. The van der Waals surface area contributed by atoms with Crippen molar-refractivity contribution in [3.05, 3.63) is 42.2 Å². The predicted molar refractivity (Wildman–Crippen MR) is 73.6 cm³/mol. The van der Waals surface area contributed by atoms with E-state index in [0.717, 1.165) is 5.56 Å². The van der Waals surface area contributed by atoms with E-state index in [1.54, 1.807) is 38.2 Å². The first-order valence-electron chi connectivity index (χ1n) is 5.62. The highest BCUT2D eigenvalue weighted by Gasteiger charge is 2.20. The summed E-state index contributed by atoms with van der Waals surface area (Å²) < 4.78 is 27.0. The van der Waals surface area contributed by atoms with Gasteiger partial charge in [-0.05, 0) is 30.7 Å². The Hall–Kier alpha value is -2.15. The number of nitrogens with zero attached hydrogens (tertiary/aromatic N) is 2. The third-order valence-electron chi connectivity index (χ3n) is 2.54. The fourth-order valence-corrected chi connectivity index (χ4v) is 2.79. The van der Waals surface area contributed by atoms with Gasteiger partial charge < -0.3 is 5.32 Å². The molecule has 0 saturated heterocycles. The van der Waals surface area contributed by atoms with Crippen molar-refractivity contribution in [3.8, 4) is 0 Å². The number of aryl methyl sites for hydroxylation is 1. The van der Waals surface area contributed by atoms with E-state index in [0.29, 0.717) is 11.5 Å². The molecule has 0 aromatic carbocycles. The van der Waals surface area contributed by atoms with Crippen LogP contribution in [0.1, 0.15) is 5.56 Å². The summed E-state index contributed by atoms with van der Waals surface area (Å²) in [7, 11) is -2.12. The van der Waals surface area contributed by atoms with Crippen LogP contribution in [0.25, 0.3) is 0 Å². The van der Waals surface area contributed by atoms with Crippen molar-refractivity contribution in [3.63, 3.8) is 0 Å². The summed E-state index contributed by atoms with van der Waals surface area (Å²) in [5.74, 6) is 0.301. The Morgan fingerprint density at radius 1 is 1.11 bits per heavy atom. The van der Waals surface area contributed by atoms with Crippen LogP contribution >= 0.6 is 0 Å². The summed E-state index contributed by atoms with van der Waals surface area (Å²) in [5.41, 5.74) is 1.18. The number of hydrogen-bond acceptors (Lipinski definition) is 5. The van der Waals surface area contributed by atoms with E-state index in [1.165, 1.54) is 12.4 Å². The standard InChI is InChI=1S/C12H14N4O2S/c1-9-5-3-7-14-11(9)16-19(17,18)12-10(13-2)6-4-8-15-12/h3-8,13H,1-2H3,(H,14,16). The molecule has 0 saturated carbocycles. The number of hydrogen-bond donors (Lipinski definition) is 2. The van der Waals surface area contributed by atoms with Crippen molar-refractivity contribution in [2.24, 2.45) is 0 Å². The van der Waals surface area contributed by atoms with Gasteiger partial charge in [-0.3, -0.25) is 4.72 Å². The molecule has 0 radical (unpaired) electrons. The second-order valence-corrected chi connectivity index (χ2v) is 5.48. The first-order chi connectivity index (χ1) is 9.04. The Kier molecular flexibility index (Phi) is 3.66. The summed E-state index contributed by atoms with van der Waals surface area (Å²) >= 11 is 0. The molecule has 19 heavy (non-hydrogen) atoms. The number of pyridine rings is 2. The van der Waals surface area contributed by atoms with Crippen molar-refractivity contribution in [2.75, 3.05) is 17.1 Å². The maximum Gasteiger partial charge on any atom is 0.282 e. The molecular formula is C12H14N4O2S. The van der Waals surface area contributed by atoms with Crippen LogP contribution in [0.3, 0.4) is 0 Å². The molecule has 0 aliphatic carbocycles. The van der Waals surface area contributed by atoms with Crippen LogP contribution < -0.4 is 10.0 Å². The molecule has 2 N–H and O–H groups in total. The van der Waals surface area contributed by atoms with Gasteiger partial charge >= 0.3 is 0 Å². The Bertz CT molecular complexity index is 686. The monoisotopic (exact) mass is 278 g/mol. The molecule has 2 aromatic rings. The van der Waals surface area contributed by atoms with Gasteiger partial charge in [-0.2, -0.15) is 8.42 Å². The summed E-state index contributed by atoms with van der Waals surface area (Å²) in [6.45, 7) is 1.78. The van der Waals surface area contributed by atoms with Crippen LogP contribution in [-0.2, 0) is 10.0 Å². The molecule has 0 spiro atoms. The van der Waals surface area contributed by atoms with Crippen molar-refractivity contribution in [1.82, 2.24) is 9.97 Å². The van der Waals surface area contributed by atoms with Gasteiger partial charge in [0.25, 0.3) is 10.0 Å². The first-order valence-corrected chi connectivity index (χ1v) is 7.10. The van der Waals surface area contributed by atoms with Gasteiger partial charge in [0, 0.05) is 19.4 Å². The molecule has 0 aliphatic heterocycles. The van der Waals surface area contributed by atoms with Gasteiger partial charge in [-0.25, -0.2) is 9.97 Å². The topological polar surface area (TPSA) is 84.0 Å². The van der Waals surface area contributed by atoms with Crippen molar-refractivity contribution < 1.29 is 8.42 Å². The van der Waals surface area contributed by atoms with Crippen LogP contribution in [0, 0.1) is 6.92 Å². The molecule has 0 bridgehead atoms. The maximum atomic E-state index is 12.3. The Balaban J connectivity index is 2.41. The van der Waals surface area contributed by atoms with E-state index in [-0.39, 0.29) is 5.03 Å². The van der Waals surface area contributed by atoms with E-state index >= 15 is 0 Å². The zero-order valence-corrected chi connectivity index (χ0v) is 11.4.